The fraction of sp³-hybridized carbons (Fsp3) is 0.429. The van der Waals surface area contributed by atoms with E-state index in [0.717, 1.165) is 43.9 Å². The van der Waals surface area contributed by atoms with Crippen molar-refractivity contribution < 1.29 is 17.6 Å². The van der Waals surface area contributed by atoms with Gasteiger partial charge in [-0.05, 0) is 56.0 Å². The van der Waals surface area contributed by atoms with Gasteiger partial charge in [0.1, 0.15) is 0 Å². The molecule has 1 aliphatic rings. The van der Waals surface area contributed by atoms with Crippen molar-refractivity contribution in [3.8, 4) is 0 Å². The average molecular weight is 415 g/mol. The number of hydrogen-bond acceptors (Lipinski definition) is 3. The van der Waals surface area contributed by atoms with Gasteiger partial charge in [0, 0.05) is 6.20 Å². The average Bonchev–Trinajstić information content (AvgIpc) is 3.26. The Hall–Kier alpha value is -2.48. The van der Waals surface area contributed by atoms with Crippen molar-refractivity contribution in [2.45, 2.75) is 39.3 Å². The second-order valence-corrected chi connectivity index (χ2v) is 5.83. The van der Waals surface area contributed by atoms with Gasteiger partial charge in [0.2, 0.25) is 0 Å². The quantitative estimate of drug-likeness (QED) is 0.549. The fourth-order valence-electron chi connectivity index (χ4n) is 2.52. The van der Waals surface area contributed by atoms with Crippen molar-refractivity contribution in [3.05, 3.63) is 77.2 Å². The number of rotatable bonds is 3. The summed E-state index contributed by atoms with van der Waals surface area (Å²) in [5.74, 6) is 0.141. The van der Waals surface area contributed by atoms with Crippen LogP contribution in [0.5, 0.6) is 0 Å². The number of hydrogen-bond donors (Lipinski definition) is 2. The molecule has 1 aromatic heterocycles. The molecule has 1 unspecified atom stereocenters. The number of nitrogens with zero attached hydrogens (tertiary/aromatic N) is 1. The van der Waals surface area contributed by atoms with E-state index in [1.807, 2.05) is 13.8 Å². The Balaban J connectivity index is 0.000000547. The number of benzene rings is 1. The lowest BCUT2D eigenvalue weighted by Crippen LogP contribution is -2.09. The standard InChI is InChI=1S/C13H16F3N.C4H3FN2O.C2H6.C2H4/c14-13(15,16)12-5-3-10(4-6-12)1-2-11-7-8-17-9-11;5-3-1-6-4(8)7-2-3;2*1-2/h3-6,11,17H,1-2,7-9H2;1-2H,(H,6,7,8);1-2H3;1-2H2. The lowest BCUT2D eigenvalue weighted by molar-refractivity contribution is -0.137. The number of halogens is 4. The van der Waals surface area contributed by atoms with Gasteiger partial charge in [-0.1, -0.05) is 26.0 Å². The van der Waals surface area contributed by atoms with Crippen molar-refractivity contribution in [1.82, 2.24) is 15.3 Å². The summed E-state index contributed by atoms with van der Waals surface area (Å²) in [6.07, 6.45) is 0.686. The maximum Gasteiger partial charge on any atom is 0.416 e. The molecule has 29 heavy (non-hydrogen) atoms. The van der Waals surface area contributed by atoms with Crippen molar-refractivity contribution >= 4 is 0 Å². The summed E-state index contributed by atoms with van der Waals surface area (Å²) in [6.45, 7) is 12.1. The van der Waals surface area contributed by atoms with Crippen LogP contribution in [-0.2, 0) is 12.6 Å². The molecule has 0 spiro atoms. The molecule has 0 radical (unpaired) electrons. The fourth-order valence-corrected chi connectivity index (χ4v) is 2.52. The van der Waals surface area contributed by atoms with E-state index < -0.39 is 23.2 Å². The van der Waals surface area contributed by atoms with Crippen molar-refractivity contribution in [3.63, 3.8) is 0 Å². The largest absolute Gasteiger partial charge is 0.416 e. The van der Waals surface area contributed by atoms with Crippen molar-refractivity contribution in [2.24, 2.45) is 5.92 Å². The molecule has 2 aromatic rings. The summed E-state index contributed by atoms with van der Waals surface area (Å²) >= 11 is 0. The summed E-state index contributed by atoms with van der Waals surface area (Å²) in [5, 5.41) is 3.29. The summed E-state index contributed by atoms with van der Waals surface area (Å²) < 4.78 is 48.9. The van der Waals surface area contributed by atoms with E-state index in [1.165, 1.54) is 18.6 Å². The minimum absolute atomic E-state index is 0.536. The highest BCUT2D eigenvalue weighted by atomic mass is 19.4. The molecule has 4 nitrogen and oxygen atoms in total. The lowest BCUT2D eigenvalue weighted by atomic mass is 9.98. The van der Waals surface area contributed by atoms with Crippen LogP contribution in [0, 0.1) is 11.7 Å². The third-order valence-electron chi connectivity index (χ3n) is 3.92. The molecule has 0 aliphatic carbocycles. The van der Waals surface area contributed by atoms with Crippen LogP contribution in [0.3, 0.4) is 0 Å². The zero-order valence-corrected chi connectivity index (χ0v) is 16.9. The first-order chi connectivity index (χ1) is 13.8. The van der Waals surface area contributed by atoms with Gasteiger partial charge in [-0.3, -0.25) is 0 Å². The van der Waals surface area contributed by atoms with Crippen molar-refractivity contribution in [1.29, 1.82) is 0 Å². The Morgan fingerprint density at radius 3 is 2.21 bits per heavy atom. The van der Waals surface area contributed by atoms with Crippen LogP contribution in [0.4, 0.5) is 17.6 Å². The number of aryl methyl sites for hydroxylation is 1. The summed E-state index contributed by atoms with van der Waals surface area (Å²) in [7, 11) is 0. The minimum Gasteiger partial charge on any atom is -0.316 e. The molecule has 0 bridgehead atoms. The highest BCUT2D eigenvalue weighted by Gasteiger charge is 2.29. The van der Waals surface area contributed by atoms with E-state index in [4.69, 9.17) is 0 Å². The maximum atomic E-state index is 12.3. The van der Waals surface area contributed by atoms with Crippen LogP contribution in [0.1, 0.15) is 37.8 Å². The van der Waals surface area contributed by atoms with E-state index in [9.17, 15) is 22.4 Å². The van der Waals surface area contributed by atoms with Crippen LogP contribution < -0.4 is 11.0 Å². The third-order valence-corrected chi connectivity index (χ3v) is 3.92. The van der Waals surface area contributed by atoms with Crippen molar-refractivity contribution in [2.75, 3.05) is 13.1 Å². The molecular weight excluding hydrogens is 386 g/mol. The molecule has 1 atom stereocenters. The molecule has 1 aliphatic heterocycles. The van der Waals surface area contributed by atoms with E-state index in [0.29, 0.717) is 5.92 Å². The van der Waals surface area contributed by atoms with Crippen LogP contribution in [-0.4, -0.2) is 23.1 Å². The van der Waals surface area contributed by atoms with Gasteiger partial charge in [-0.2, -0.15) is 18.2 Å². The number of nitrogens with one attached hydrogen (secondary N) is 2. The van der Waals surface area contributed by atoms with Gasteiger partial charge in [0.25, 0.3) is 0 Å². The van der Waals surface area contributed by atoms with E-state index in [-0.39, 0.29) is 0 Å². The van der Waals surface area contributed by atoms with Gasteiger partial charge in [0.15, 0.2) is 5.82 Å². The summed E-state index contributed by atoms with van der Waals surface area (Å²) in [4.78, 5) is 15.2. The Kier molecular flexibility index (Phi) is 13.3. The van der Waals surface area contributed by atoms with Gasteiger partial charge in [-0.25, -0.2) is 9.18 Å². The van der Waals surface area contributed by atoms with Gasteiger partial charge in [-0.15, -0.1) is 13.2 Å². The predicted octanol–water partition coefficient (Wildman–Crippen LogP) is 4.98. The monoisotopic (exact) mass is 415 g/mol. The molecule has 1 saturated heterocycles. The number of H-pyrrole nitrogens is 1. The summed E-state index contributed by atoms with van der Waals surface area (Å²) in [6, 6.07) is 5.51. The molecule has 1 fully saturated rings. The summed E-state index contributed by atoms with van der Waals surface area (Å²) in [5.41, 5.74) is -0.111. The minimum atomic E-state index is -4.23. The van der Waals surface area contributed by atoms with E-state index in [1.54, 1.807) is 12.1 Å². The molecule has 162 valence electrons. The second-order valence-electron chi connectivity index (χ2n) is 5.83. The van der Waals surface area contributed by atoms with E-state index in [2.05, 4.69) is 28.4 Å². The highest BCUT2D eigenvalue weighted by Crippen LogP contribution is 2.29. The molecule has 0 amide bonds. The number of aromatic amines is 1. The normalized spacial score (nSPS) is 15.0. The van der Waals surface area contributed by atoms with Crippen LogP contribution in [0.25, 0.3) is 0 Å². The zero-order chi connectivity index (χ0) is 22.3. The van der Waals surface area contributed by atoms with Gasteiger partial charge in [0.05, 0.1) is 11.8 Å². The molecule has 0 saturated carbocycles. The first kappa shape index (κ1) is 26.5. The van der Waals surface area contributed by atoms with Gasteiger partial charge >= 0.3 is 11.9 Å². The van der Waals surface area contributed by atoms with Crippen LogP contribution in [0.2, 0.25) is 0 Å². The predicted molar refractivity (Wildman–Crippen MR) is 108 cm³/mol. The lowest BCUT2D eigenvalue weighted by Gasteiger charge is -2.09. The van der Waals surface area contributed by atoms with Crippen LogP contribution in [0.15, 0.2) is 54.6 Å². The third kappa shape index (κ3) is 11.2. The Morgan fingerprint density at radius 2 is 1.79 bits per heavy atom. The van der Waals surface area contributed by atoms with Crippen LogP contribution >= 0.6 is 0 Å². The molecule has 2 N–H and O–H groups in total. The Morgan fingerprint density at radius 1 is 1.17 bits per heavy atom. The van der Waals surface area contributed by atoms with Gasteiger partial charge < -0.3 is 10.3 Å². The first-order valence-electron chi connectivity index (χ1n) is 9.41. The van der Waals surface area contributed by atoms with E-state index >= 15 is 0 Å². The molecule has 8 heteroatoms. The molecule has 2 heterocycles. The SMILES string of the molecule is C=C.CC.FC(F)(F)c1ccc(CCC2CCNC2)cc1.O=c1ncc(F)c[nH]1. The maximum absolute atomic E-state index is 12.3. The second kappa shape index (κ2) is 14.5. The topological polar surface area (TPSA) is 57.8 Å². The molecule has 3 rings (SSSR count). The highest BCUT2D eigenvalue weighted by molar-refractivity contribution is 5.24. The smallest absolute Gasteiger partial charge is 0.316 e. The number of aromatic nitrogens is 2. The first-order valence-corrected chi connectivity index (χ1v) is 9.41. The molecular formula is C21H29F4N3O. The molecule has 1 aromatic carbocycles. The Labute approximate surface area is 169 Å². The number of alkyl halides is 3. The zero-order valence-electron chi connectivity index (χ0n) is 16.9. The Bertz CT molecular complexity index is 703.